The zero-order chi connectivity index (χ0) is 18.0. The van der Waals surface area contributed by atoms with E-state index in [4.69, 9.17) is 4.52 Å². The Bertz CT molecular complexity index is 877. The highest BCUT2D eigenvalue weighted by molar-refractivity contribution is 7.89. The summed E-state index contributed by atoms with van der Waals surface area (Å²) in [5.41, 5.74) is 0.142. The number of aryl methyl sites for hydroxylation is 1. The van der Waals surface area contributed by atoms with Crippen LogP contribution in [0.1, 0.15) is 43.7 Å². The quantitative estimate of drug-likeness (QED) is 0.575. The van der Waals surface area contributed by atoms with Gasteiger partial charge in [-0.25, -0.2) is 8.42 Å². The van der Waals surface area contributed by atoms with Gasteiger partial charge in [-0.3, -0.25) is 10.1 Å². The topological polar surface area (TPSA) is 107 Å². The minimum absolute atomic E-state index is 0.288. The van der Waals surface area contributed by atoms with Crippen LogP contribution < -0.4 is 0 Å². The van der Waals surface area contributed by atoms with Gasteiger partial charge in [0, 0.05) is 25.1 Å². The van der Waals surface area contributed by atoms with E-state index in [1.165, 1.54) is 28.6 Å². The summed E-state index contributed by atoms with van der Waals surface area (Å²) in [6.45, 7) is 2.32. The van der Waals surface area contributed by atoms with Gasteiger partial charge in [-0.15, -0.1) is 0 Å². The van der Waals surface area contributed by atoms with Crippen LogP contribution in [0.2, 0.25) is 0 Å². The Morgan fingerprint density at radius 1 is 1.40 bits per heavy atom. The van der Waals surface area contributed by atoms with Crippen molar-refractivity contribution in [2.75, 3.05) is 6.54 Å². The summed E-state index contributed by atoms with van der Waals surface area (Å²) >= 11 is 0. The summed E-state index contributed by atoms with van der Waals surface area (Å²) in [5.74, 6) is 0.715. The summed E-state index contributed by atoms with van der Waals surface area (Å²) in [5, 5.41) is 15.2. The Morgan fingerprint density at radius 2 is 2.16 bits per heavy atom. The van der Waals surface area contributed by atoms with Crippen molar-refractivity contribution < 1.29 is 17.9 Å². The maximum Gasteiger partial charge on any atom is 0.289 e. The average molecular weight is 365 g/mol. The molecule has 9 heteroatoms. The Balaban J connectivity index is 1.97. The second kappa shape index (κ2) is 6.93. The predicted molar refractivity (Wildman–Crippen MR) is 89.5 cm³/mol. The molecule has 0 aliphatic carbocycles. The van der Waals surface area contributed by atoms with Crippen LogP contribution in [0.15, 0.2) is 39.8 Å². The van der Waals surface area contributed by atoms with E-state index in [1.807, 2.05) is 6.92 Å². The first-order valence-corrected chi connectivity index (χ1v) is 9.60. The van der Waals surface area contributed by atoms with Gasteiger partial charge in [0.15, 0.2) is 4.90 Å². The van der Waals surface area contributed by atoms with Crippen LogP contribution >= 0.6 is 0 Å². The van der Waals surface area contributed by atoms with Crippen LogP contribution in [-0.4, -0.2) is 29.3 Å². The molecule has 0 saturated carbocycles. The van der Waals surface area contributed by atoms with Crippen molar-refractivity contribution in [3.63, 3.8) is 0 Å². The Hall–Kier alpha value is -2.26. The standard InChI is InChI=1S/C16H19N3O5S/c1-2-6-12-11-13(17-24-12)14-8-5-10-18(14)25(22,23)16-9-4-3-7-15(16)19(20)21/h3-4,7,9,11,14H,2,5-6,8,10H2,1H3. The number of nitro groups is 1. The first kappa shape index (κ1) is 17.6. The first-order valence-electron chi connectivity index (χ1n) is 8.16. The monoisotopic (exact) mass is 365 g/mol. The normalized spacial score (nSPS) is 18.5. The number of aromatic nitrogens is 1. The lowest BCUT2D eigenvalue weighted by atomic mass is 10.1. The van der Waals surface area contributed by atoms with Gasteiger partial charge in [0.05, 0.1) is 11.0 Å². The fraction of sp³-hybridized carbons (Fsp3) is 0.438. The van der Waals surface area contributed by atoms with Crippen molar-refractivity contribution in [1.82, 2.24) is 9.46 Å². The van der Waals surface area contributed by atoms with Gasteiger partial charge in [0.2, 0.25) is 0 Å². The van der Waals surface area contributed by atoms with Crippen molar-refractivity contribution in [2.24, 2.45) is 0 Å². The first-order chi connectivity index (χ1) is 11.9. The number of sulfonamides is 1. The maximum absolute atomic E-state index is 13.0. The average Bonchev–Trinajstić information content (AvgIpc) is 3.24. The summed E-state index contributed by atoms with van der Waals surface area (Å²) in [6.07, 6.45) is 2.91. The Morgan fingerprint density at radius 3 is 2.88 bits per heavy atom. The van der Waals surface area contributed by atoms with E-state index in [2.05, 4.69) is 5.16 Å². The molecule has 2 heterocycles. The van der Waals surface area contributed by atoms with Gasteiger partial charge in [-0.1, -0.05) is 24.2 Å². The van der Waals surface area contributed by atoms with Gasteiger partial charge in [0.25, 0.3) is 15.7 Å². The molecule has 0 N–H and O–H groups in total. The van der Waals surface area contributed by atoms with Gasteiger partial charge < -0.3 is 4.52 Å². The van der Waals surface area contributed by atoms with Crippen LogP contribution in [-0.2, 0) is 16.4 Å². The third-order valence-corrected chi connectivity index (χ3v) is 6.22. The summed E-state index contributed by atoms with van der Waals surface area (Å²) in [4.78, 5) is 10.2. The van der Waals surface area contributed by atoms with Gasteiger partial charge in [0.1, 0.15) is 11.5 Å². The van der Waals surface area contributed by atoms with E-state index in [0.717, 1.165) is 12.8 Å². The third kappa shape index (κ3) is 3.29. The molecule has 1 fully saturated rings. The summed E-state index contributed by atoms with van der Waals surface area (Å²) in [6, 6.07) is 6.73. The Kier molecular flexibility index (Phi) is 4.87. The lowest BCUT2D eigenvalue weighted by Gasteiger charge is -2.22. The van der Waals surface area contributed by atoms with Crippen molar-refractivity contribution >= 4 is 15.7 Å². The van der Waals surface area contributed by atoms with Crippen molar-refractivity contribution in [2.45, 2.75) is 43.5 Å². The number of hydrogen-bond donors (Lipinski definition) is 0. The maximum atomic E-state index is 13.0. The van der Waals surface area contributed by atoms with Crippen LogP contribution in [0.5, 0.6) is 0 Å². The fourth-order valence-electron chi connectivity index (χ4n) is 3.13. The van der Waals surface area contributed by atoms with Crippen LogP contribution in [0.3, 0.4) is 0 Å². The largest absolute Gasteiger partial charge is 0.361 e. The van der Waals surface area contributed by atoms with Crippen LogP contribution in [0, 0.1) is 10.1 Å². The zero-order valence-electron chi connectivity index (χ0n) is 13.8. The SMILES string of the molecule is CCCc1cc(C2CCCN2S(=O)(=O)c2ccccc2[N+](=O)[O-])no1. The lowest BCUT2D eigenvalue weighted by molar-refractivity contribution is -0.387. The second-order valence-electron chi connectivity index (χ2n) is 5.97. The number of nitrogens with zero attached hydrogens (tertiary/aromatic N) is 3. The number of benzene rings is 1. The van der Waals surface area contributed by atoms with Gasteiger partial charge in [-0.05, 0) is 25.3 Å². The summed E-state index contributed by atoms with van der Waals surface area (Å²) < 4.78 is 32.6. The van der Waals surface area contributed by atoms with E-state index in [1.54, 1.807) is 6.07 Å². The van der Waals surface area contributed by atoms with Crippen LogP contribution in [0.25, 0.3) is 0 Å². The highest BCUT2D eigenvalue weighted by Gasteiger charge is 2.40. The fourth-order valence-corrected chi connectivity index (χ4v) is 4.95. The molecule has 8 nitrogen and oxygen atoms in total. The molecule has 0 radical (unpaired) electrons. The predicted octanol–water partition coefficient (Wildman–Crippen LogP) is 3.06. The van der Waals surface area contributed by atoms with Crippen molar-refractivity contribution in [1.29, 1.82) is 0 Å². The Labute approximate surface area is 145 Å². The molecule has 3 rings (SSSR count). The smallest absolute Gasteiger partial charge is 0.289 e. The number of para-hydroxylation sites is 1. The van der Waals surface area contributed by atoms with E-state index >= 15 is 0 Å². The number of hydrogen-bond acceptors (Lipinski definition) is 6. The lowest BCUT2D eigenvalue weighted by Crippen LogP contribution is -2.31. The molecular weight excluding hydrogens is 346 g/mol. The summed E-state index contributed by atoms with van der Waals surface area (Å²) in [7, 11) is -4.00. The van der Waals surface area contributed by atoms with Crippen LogP contribution in [0.4, 0.5) is 5.69 Å². The zero-order valence-corrected chi connectivity index (χ0v) is 14.6. The molecule has 1 aliphatic rings. The molecule has 2 aromatic rings. The number of rotatable bonds is 6. The molecule has 134 valence electrons. The van der Waals surface area contributed by atoms with Gasteiger partial charge in [-0.2, -0.15) is 4.31 Å². The molecule has 1 saturated heterocycles. The van der Waals surface area contributed by atoms with E-state index in [9.17, 15) is 18.5 Å². The third-order valence-electron chi connectivity index (χ3n) is 4.27. The molecule has 1 aromatic carbocycles. The highest BCUT2D eigenvalue weighted by Crippen LogP contribution is 2.38. The van der Waals surface area contributed by atoms with E-state index < -0.39 is 26.7 Å². The molecule has 0 spiro atoms. The highest BCUT2D eigenvalue weighted by atomic mass is 32.2. The van der Waals surface area contributed by atoms with Crippen molar-refractivity contribution in [3.8, 4) is 0 Å². The molecule has 1 aromatic heterocycles. The molecule has 25 heavy (non-hydrogen) atoms. The molecule has 0 amide bonds. The van der Waals surface area contributed by atoms with E-state index in [0.29, 0.717) is 30.8 Å². The molecule has 1 aliphatic heterocycles. The minimum Gasteiger partial charge on any atom is -0.361 e. The minimum atomic E-state index is -4.00. The molecule has 1 atom stereocenters. The molecule has 1 unspecified atom stereocenters. The molecular formula is C16H19N3O5S. The van der Waals surface area contributed by atoms with Crippen molar-refractivity contribution in [3.05, 3.63) is 51.9 Å². The molecule has 0 bridgehead atoms. The van der Waals surface area contributed by atoms with E-state index in [-0.39, 0.29) is 4.90 Å². The second-order valence-corrected chi connectivity index (χ2v) is 7.83. The number of nitro benzene ring substituents is 1. The van der Waals surface area contributed by atoms with Gasteiger partial charge >= 0.3 is 0 Å².